The molecule has 2 unspecified atom stereocenters. The van der Waals surface area contributed by atoms with E-state index in [0.717, 1.165) is 46.8 Å². The van der Waals surface area contributed by atoms with Crippen LogP contribution in [0.5, 0.6) is 0 Å². The van der Waals surface area contributed by atoms with Crippen molar-refractivity contribution in [3.05, 3.63) is 80.2 Å². The Morgan fingerprint density at radius 3 is 0.833 bits per heavy atom. The van der Waals surface area contributed by atoms with Crippen molar-refractivity contribution in [2.45, 2.75) is 285 Å². The van der Waals surface area contributed by atoms with Crippen LogP contribution in [-0.2, 0) is 9.59 Å². The molecule has 78 heavy (non-hydrogen) atoms. The second kappa shape index (κ2) is 38.8. The van der Waals surface area contributed by atoms with Crippen LogP contribution in [0.15, 0.2) is 70.4 Å². The van der Waals surface area contributed by atoms with Crippen LogP contribution in [0.1, 0.15) is 294 Å². The Morgan fingerprint density at radius 1 is 0.321 bits per heavy atom. The number of fused-ring (bicyclic) bond motifs is 1. The first-order valence-electron chi connectivity index (χ1n) is 32.9. The van der Waals surface area contributed by atoms with Gasteiger partial charge in [0.1, 0.15) is 0 Å². The van der Waals surface area contributed by atoms with Gasteiger partial charge in [-0.25, -0.2) is 0 Å². The number of hydrogen-bond donors (Lipinski definition) is 0. The molecule has 8 heteroatoms. The highest BCUT2D eigenvalue weighted by molar-refractivity contribution is 7.22. The second-order valence-electron chi connectivity index (χ2n) is 23.8. The van der Waals surface area contributed by atoms with Gasteiger partial charge in [-0.2, -0.15) is 0 Å². The number of rotatable bonds is 48. The van der Waals surface area contributed by atoms with Crippen molar-refractivity contribution < 1.29 is 9.59 Å². The maximum absolute atomic E-state index is 16.0. The first-order valence-corrected chi connectivity index (χ1v) is 36.3. The molecule has 0 aliphatic carbocycles. The summed E-state index contributed by atoms with van der Waals surface area (Å²) < 4.78 is 0. The summed E-state index contributed by atoms with van der Waals surface area (Å²) in [5.74, 6) is 0.908. The molecule has 0 bridgehead atoms. The van der Waals surface area contributed by atoms with Crippen LogP contribution < -0.4 is 0 Å². The van der Waals surface area contributed by atoms with Crippen molar-refractivity contribution in [1.29, 1.82) is 0 Å². The first kappa shape index (κ1) is 64.4. The molecule has 434 valence electrons. The molecule has 0 spiro atoms. The molecule has 4 aromatic heterocycles. The van der Waals surface area contributed by atoms with Crippen molar-refractivity contribution >= 4 is 68.6 Å². The van der Waals surface area contributed by atoms with Gasteiger partial charge in [0.15, 0.2) is 0 Å². The maximum atomic E-state index is 16.0. The highest BCUT2D eigenvalue weighted by atomic mass is 32.1. The van der Waals surface area contributed by atoms with E-state index in [4.69, 9.17) is 0 Å². The van der Waals surface area contributed by atoms with Gasteiger partial charge in [0.2, 0.25) is 0 Å². The molecule has 2 aliphatic heterocycles. The van der Waals surface area contributed by atoms with Crippen molar-refractivity contribution in [2.24, 2.45) is 11.8 Å². The lowest BCUT2D eigenvalue weighted by Crippen LogP contribution is -2.34. The lowest BCUT2D eigenvalue weighted by Gasteiger charge is -2.29. The number of carbonyl (C=O) groups is 2. The fourth-order valence-electron chi connectivity index (χ4n) is 12.4. The normalized spacial score (nSPS) is 14.6. The van der Waals surface area contributed by atoms with E-state index in [2.05, 4.69) is 96.8 Å². The molecule has 0 saturated carbocycles. The fraction of sp³-hybridized carbons (Fsp3) is 0.686. The van der Waals surface area contributed by atoms with E-state index in [0.29, 0.717) is 36.1 Å². The summed E-state index contributed by atoms with van der Waals surface area (Å²) in [6.07, 6.45) is 52.2. The van der Waals surface area contributed by atoms with Gasteiger partial charge < -0.3 is 9.80 Å². The third-order valence-corrected chi connectivity index (χ3v) is 21.4. The summed E-state index contributed by atoms with van der Waals surface area (Å²) in [6.45, 7) is 10.6. The SMILES string of the molecule is CCCCCCCCCCCCC(CCCCCCCCCC)CN1C(=O)C2=C(c3ccc(-c4cccs4)s3)N(CC(CCCCCCCCCC)CCCCCCCCCCCC)C(=O)C2=C1c1ccc(-c2cccs2)s1. The summed E-state index contributed by atoms with van der Waals surface area (Å²) in [4.78, 5) is 43.2. The third-order valence-electron chi connectivity index (χ3n) is 17.1. The molecule has 6 rings (SSSR count). The van der Waals surface area contributed by atoms with Crippen LogP contribution in [-0.4, -0.2) is 34.7 Å². The minimum absolute atomic E-state index is 0.0568. The molecule has 6 heterocycles. The average Bonchev–Trinajstić information content (AvgIpc) is 4.42. The average molecular weight is 1140 g/mol. The number of nitrogens with zero attached hydrogens (tertiary/aromatic N) is 2. The lowest BCUT2D eigenvalue weighted by atomic mass is 9.93. The lowest BCUT2D eigenvalue weighted by molar-refractivity contribution is -0.124. The molecular formula is C70H108N2O2S4. The van der Waals surface area contributed by atoms with Crippen LogP contribution in [0.3, 0.4) is 0 Å². The molecule has 0 fully saturated rings. The Kier molecular flexibility index (Phi) is 32.1. The molecule has 4 aromatic rings. The molecule has 2 amide bonds. The highest BCUT2D eigenvalue weighted by Gasteiger charge is 2.50. The van der Waals surface area contributed by atoms with Gasteiger partial charge in [0, 0.05) is 32.6 Å². The quantitative estimate of drug-likeness (QED) is 0.0414. The van der Waals surface area contributed by atoms with Crippen molar-refractivity contribution in [3.8, 4) is 19.5 Å². The van der Waals surface area contributed by atoms with Crippen LogP contribution in [0.2, 0.25) is 0 Å². The number of unbranched alkanes of at least 4 members (excludes halogenated alkanes) is 32. The topological polar surface area (TPSA) is 40.6 Å². The summed E-state index contributed by atoms with van der Waals surface area (Å²) in [6, 6.07) is 17.6. The molecule has 0 radical (unpaired) electrons. The van der Waals surface area contributed by atoms with Gasteiger partial charge in [-0.15, -0.1) is 45.3 Å². The van der Waals surface area contributed by atoms with Gasteiger partial charge in [-0.05, 0) is 84.7 Å². The van der Waals surface area contributed by atoms with Gasteiger partial charge in [-0.1, -0.05) is 271 Å². The Morgan fingerprint density at radius 2 is 0.577 bits per heavy atom. The monoisotopic (exact) mass is 1140 g/mol. The van der Waals surface area contributed by atoms with E-state index in [9.17, 15) is 0 Å². The molecule has 4 nitrogen and oxygen atoms in total. The molecule has 2 aliphatic rings. The maximum Gasteiger partial charge on any atom is 0.261 e. The number of carbonyl (C=O) groups excluding carboxylic acids is 2. The van der Waals surface area contributed by atoms with Crippen molar-refractivity contribution in [2.75, 3.05) is 13.1 Å². The Labute approximate surface area is 493 Å². The zero-order chi connectivity index (χ0) is 54.8. The number of thiophene rings is 4. The standard InChI is InChI=1S/C70H108N2O2S4/c1-5-9-13-17-21-25-27-31-35-39-45-57(43-37-33-29-23-19-15-11-7-3)55-71-67(63-51-49-61(77-63)59-47-41-53-75-59)65-66(69(71)73)68(64-52-50-62(78-64)60-48-42-54-76-60)72(70(65)74)56-58(44-38-34-30-24-20-16-12-8-4)46-40-36-32-28-26-22-18-14-10-6-2/h41-42,47-54,57-58H,5-40,43-46,55-56H2,1-4H3. The van der Waals surface area contributed by atoms with Gasteiger partial charge >= 0.3 is 0 Å². The Bertz CT molecular complexity index is 2100. The molecular weight excluding hydrogens is 1030 g/mol. The van der Waals surface area contributed by atoms with Crippen LogP contribution in [0, 0.1) is 11.8 Å². The van der Waals surface area contributed by atoms with Crippen LogP contribution in [0.4, 0.5) is 0 Å². The Hall–Kier alpha value is -2.78. The predicted octanol–water partition coefficient (Wildman–Crippen LogP) is 24.0. The largest absolute Gasteiger partial charge is 0.306 e. The fourth-order valence-corrected chi connectivity index (χ4v) is 16.2. The summed E-state index contributed by atoms with van der Waals surface area (Å²) in [5, 5.41) is 4.31. The zero-order valence-electron chi connectivity index (χ0n) is 50.0. The zero-order valence-corrected chi connectivity index (χ0v) is 53.2. The van der Waals surface area contributed by atoms with E-state index < -0.39 is 0 Å². The minimum Gasteiger partial charge on any atom is -0.306 e. The predicted molar refractivity (Wildman–Crippen MR) is 347 cm³/mol. The van der Waals surface area contributed by atoms with E-state index in [1.165, 1.54) is 251 Å². The summed E-state index contributed by atoms with van der Waals surface area (Å²) in [7, 11) is 0. The molecule has 2 atom stereocenters. The second-order valence-corrected chi connectivity index (χ2v) is 27.8. The first-order chi connectivity index (χ1) is 38.5. The van der Waals surface area contributed by atoms with Crippen molar-refractivity contribution in [1.82, 2.24) is 9.80 Å². The third kappa shape index (κ3) is 21.5. The summed E-state index contributed by atoms with van der Waals surface area (Å²) >= 11 is 7.07. The Balaban J connectivity index is 1.29. The van der Waals surface area contributed by atoms with Gasteiger partial charge in [0.25, 0.3) is 11.8 Å². The number of amides is 2. The van der Waals surface area contributed by atoms with E-state index in [1.54, 1.807) is 45.3 Å². The molecule has 0 saturated heterocycles. The number of hydrogen-bond acceptors (Lipinski definition) is 6. The minimum atomic E-state index is 0.0568. The van der Waals surface area contributed by atoms with Gasteiger partial charge in [0.05, 0.1) is 32.3 Å². The molecule has 0 N–H and O–H groups in total. The highest BCUT2D eigenvalue weighted by Crippen LogP contribution is 2.51. The van der Waals surface area contributed by atoms with Crippen molar-refractivity contribution in [3.63, 3.8) is 0 Å². The smallest absolute Gasteiger partial charge is 0.261 e. The summed E-state index contributed by atoms with van der Waals surface area (Å²) in [5.41, 5.74) is 3.13. The van der Waals surface area contributed by atoms with E-state index in [1.807, 2.05) is 0 Å². The van der Waals surface area contributed by atoms with E-state index in [-0.39, 0.29) is 11.8 Å². The van der Waals surface area contributed by atoms with Gasteiger partial charge in [-0.3, -0.25) is 9.59 Å². The van der Waals surface area contributed by atoms with E-state index >= 15 is 9.59 Å². The van der Waals surface area contributed by atoms with Crippen LogP contribution >= 0.6 is 45.3 Å². The molecule has 0 aromatic carbocycles. The van der Waals surface area contributed by atoms with Crippen LogP contribution in [0.25, 0.3) is 30.9 Å².